The molecule has 2 aliphatic rings. The molecule has 0 aliphatic carbocycles. The fourth-order valence-electron chi connectivity index (χ4n) is 1.99. The van der Waals surface area contributed by atoms with Crippen LogP contribution in [0.1, 0.15) is 0 Å². The molecule has 0 aromatic heterocycles. The first-order valence-corrected chi connectivity index (χ1v) is 5.61. The van der Waals surface area contributed by atoms with Crippen LogP contribution in [-0.4, -0.2) is 72.7 Å². The molecule has 0 aromatic rings. The second-order valence-corrected chi connectivity index (χ2v) is 3.93. The zero-order valence-corrected chi connectivity index (χ0v) is 9.59. The van der Waals surface area contributed by atoms with E-state index < -0.39 is 11.8 Å². The second-order valence-electron chi connectivity index (χ2n) is 3.93. The number of rotatable bonds is 2. The smallest absolute Gasteiger partial charge is 0.326 e. The van der Waals surface area contributed by atoms with Crippen LogP contribution in [0.25, 0.3) is 0 Å². The van der Waals surface area contributed by atoms with Gasteiger partial charge in [-0.05, 0) is 0 Å². The van der Waals surface area contributed by atoms with Gasteiger partial charge in [0, 0.05) is 19.6 Å². The molecular formula is C11H15N3O3. The number of hydrazine groups is 1. The molecule has 0 radical (unpaired) electrons. The van der Waals surface area contributed by atoms with Crippen molar-refractivity contribution < 1.29 is 14.3 Å². The molecule has 2 aliphatic heterocycles. The molecule has 2 heterocycles. The van der Waals surface area contributed by atoms with Crippen LogP contribution in [0.3, 0.4) is 0 Å². The van der Waals surface area contributed by atoms with E-state index in [1.807, 2.05) is 5.01 Å². The molecule has 0 atom stereocenters. The van der Waals surface area contributed by atoms with E-state index in [-0.39, 0.29) is 6.54 Å². The predicted octanol–water partition coefficient (Wildman–Crippen LogP) is -1.46. The van der Waals surface area contributed by atoms with E-state index in [1.165, 1.54) is 9.91 Å². The van der Waals surface area contributed by atoms with Crippen LogP contribution in [-0.2, 0) is 14.3 Å². The van der Waals surface area contributed by atoms with Gasteiger partial charge in [0.05, 0.1) is 26.3 Å². The Morgan fingerprint density at radius 3 is 2.47 bits per heavy atom. The number of morpholine rings is 1. The average Bonchev–Trinajstić information content (AvgIpc) is 2.36. The van der Waals surface area contributed by atoms with Crippen molar-refractivity contribution in [3.8, 4) is 12.3 Å². The van der Waals surface area contributed by atoms with Gasteiger partial charge in [0.2, 0.25) is 0 Å². The molecule has 2 rings (SSSR count). The molecular weight excluding hydrogens is 222 g/mol. The largest absolute Gasteiger partial charge is 0.379 e. The van der Waals surface area contributed by atoms with Crippen molar-refractivity contribution in [1.82, 2.24) is 14.9 Å². The second kappa shape index (κ2) is 5.17. The van der Waals surface area contributed by atoms with E-state index in [2.05, 4.69) is 5.92 Å². The lowest BCUT2D eigenvalue weighted by molar-refractivity contribution is -0.174. The number of carbonyl (C=O) groups excluding carboxylic acids is 2. The topological polar surface area (TPSA) is 53.1 Å². The lowest BCUT2D eigenvalue weighted by atomic mass is 10.3. The van der Waals surface area contributed by atoms with E-state index in [9.17, 15) is 9.59 Å². The summed E-state index contributed by atoms with van der Waals surface area (Å²) in [6, 6.07) is 0. The van der Waals surface area contributed by atoms with Crippen molar-refractivity contribution in [2.75, 3.05) is 45.9 Å². The molecule has 17 heavy (non-hydrogen) atoms. The van der Waals surface area contributed by atoms with Gasteiger partial charge in [-0.25, -0.2) is 5.01 Å². The van der Waals surface area contributed by atoms with Crippen LogP contribution in [0.4, 0.5) is 0 Å². The Kier molecular flexibility index (Phi) is 3.61. The molecule has 2 saturated heterocycles. The Bertz CT molecular complexity index is 357. The number of hydrogen-bond acceptors (Lipinski definition) is 4. The van der Waals surface area contributed by atoms with E-state index in [4.69, 9.17) is 11.2 Å². The Morgan fingerprint density at radius 2 is 1.82 bits per heavy atom. The van der Waals surface area contributed by atoms with Gasteiger partial charge >= 0.3 is 11.8 Å². The van der Waals surface area contributed by atoms with Gasteiger partial charge in [-0.1, -0.05) is 5.92 Å². The minimum absolute atomic E-state index is 0.196. The zero-order chi connectivity index (χ0) is 12.3. The Labute approximate surface area is 100 Å². The summed E-state index contributed by atoms with van der Waals surface area (Å²) in [6.45, 7) is 3.67. The summed E-state index contributed by atoms with van der Waals surface area (Å²) in [7, 11) is 0. The van der Waals surface area contributed by atoms with Gasteiger partial charge < -0.3 is 9.64 Å². The lowest BCUT2D eigenvalue weighted by Gasteiger charge is -2.41. The highest BCUT2D eigenvalue weighted by Crippen LogP contribution is 2.10. The number of piperazine rings is 1. The standard InChI is InChI=1S/C11H15N3O3/c1-2-3-12-4-5-14(11(16)10(12)15)13-6-8-17-9-7-13/h1H,3-9H2. The Morgan fingerprint density at radius 1 is 1.12 bits per heavy atom. The van der Waals surface area contributed by atoms with Crippen molar-refractivity contribution >= 4 is 11.8 Å². The third kappa shape index (κ3) is 2.40. The number of terminal acetylenes is 1. The van der Waals surface area contributed by atoms with Crippen molar-refractivity contribution in [2.24, 2.45) is 0 Å². The van der Waals surface area contributed by atoms with Gasteiger partial charge in [-0.3, -0.25) is 14.6 Å². The van der Waals surface area contributed by atoms with Crippen LogP contribution in [0, 0.1) is 12.3 Å². The van der Waals surface area contributed by atoms with Crippen LogP contribution in [0.15, 0.2) is 0 Å². The van der Waals surface area contributed by atoms with Gasteiger partial charge in [-0.15, -0.1) is 6.42 Å². The van der Waals surface area contributed by atoms with Gasteiger partial charge in [0.1, 0.15) is 0 Å². The normalized spacial score (nSPS) is 22.8. The summed E-state index contributed by atoms with van der Waals surface area (Å²) in [6.07, 6.45) is 5.15. The maximum atomic E-state index is 11.9. The van der Waals surface area contributed by atoms with Gasteiger partial charge in [-0.2, -0.15) is 0 Å². The van der Waals surface area contributed by atoms with Crippen molar-refractivity contribution in [1.29, 1.82) is 0 Å². The first-order valence-electron chi connectivity index (χ1n) is 5.61. The molecule has 6 nitrogen and oxygen atoms in total. The third-order valence-electron chi connectivity index (χ3n) is 2.90. The first kappa shape index (κ1) is 11.9. The van der Waals surface area contributed by atoms with Crippen LogP contribution >= 0.6 is 0 Å². The number of nitrogens with zero attached hydrogens (tertiary/aromatic N) is 3. The summed E-state index contributed by atoms with van der Waals surface area (Å²) >= 11 is 0. The van der Waals surface area contributed by atoms with E-state index in [0.717, 1.165) is 0 Å². The van der Waals surface area contributed by atoms with Crippen LogP contribution in [0.2, 0.25) is 0 Å². The zero-order valence-electron chi connectivity index (χ0n) is 9.59. The molecule has 0 N–H and O–H groups in total. The summed E-state index contributed by atoms with van der Waals surface area (Å²) < 4.78 is 5.21. The minimum Gasteiger partial charge on any atom is -0.379 e. The summed E-state index contributed by atoms with van der Waals surface area (Å²) in [5.74, 6) is 1.38. The molecule has 2 amide bonds. The highest BCUT2D eigenvalue weighted by atomic mass is 16.5. The van der Waals surface area contributed by atoms with E-state index >= 15 is 0 Å². The monoisotopic (exact) mass is 237 g/mol. The summed E-state index contributed by atoms with van der Waals surface area (Å²) in [5, 5.41) is 3.38. The number of ether oxygens (including phenoxy) is 1. The predicted molar refractivity (Wildman–Crippen MR) is 59.5 cm³/mol. The van der Waals surface area contributed by atoms with E-state index in [0.29, 0.717) is 39.4 Å². The van der Waals surface area contributed by atoms with Gasteiger partial charge in [0.25, 0.3) is 0 Å². The summed E-state index contributed by atoms with van der Waals surface area (Å²) in [4.78, 5) is 25.0. The number of amides is 2. The number of hydrogen-bond donors (Lipinski definition) is 0. The molecule has 6 heteroatoms. The fourth-order valence-corrected chi connectivity index (χ4v) is 1.99. The van der Waals surface area contributed by atoms with Crippen LogP contribution in [0.5, 0.6) is 0 Å². The fraction of sp³-hybridized carbons (Fsp3) is 0.636. The van der Waals surface area contributed by atoms with E-state index in [1.54, 1.807) is 0 Å². The number of carbonyl (C=O) groups is 2. The van der Waals surface area contributed by atoms with Crippen molar-refractivity contribution in [3.05, 3.63) is 0 Å². The maximum Gasteiger partial charge on any atom is 0.326 e. The first-order chi connectivity index (χ1) is 8.24. The van der Waals surface area contributed by atoms with Gasteiger partial charge in [0.15, 0.2) is 0 Å². The van der Waals surface area contributed by atoms with Crippen molar-refractivity contribution in [3.63, 3.8) is 0 Å². The quantitative estimate of drug-likeness (QED) is 0.435. The lowest BCUT2D eigenvalue weighted by Crippen LogP contribution is -2.61. The Balaban J connectivity index is 2.00. The molecule has 2 fully saturated rings. The summed E-state index contributed by atoms with van der Waals surface area (Å²) in [5.41, 5.74) is 0. The maximum absolute atomic E-state index is 11.9. The highest BCUT2D eigenvalue weighted by Gasteiger charge is 2.35. The molecule has 0 spiro atoms. The molecule has 0 bridgehead atoms. The Hall–Kier alpha value is -1.58. The third-order valence-corrected chi connectivity index (χ3v) is 2.90. The SMILES string of the molecule is C#CCN1CCN(N2CCOCC2)C(=O)C1=O. The van der Waals surface area contributed by atoms with Crippen LogP contribution < -0.4 is 0 Å². The molecule has 0 saturated carbocycles. The highest BCUT2D eigenvalue weighted by molar-refractivity contribution is 6.35. The minimum atomic E-state index is -0.513. The average molecular weight is 237 g/mol. The molecule has 0 unspecified atom stereocenters. The molecule has 0 aromatic carbocycles. The van der Waals surface area contributed by atoms with Crippen molar-refractivity contribution in [2.45, 2.75) is 0 Å². The molecule has 92 valence electrons.